The monoisotopic (exact) mass is 457 g/mol. The summed E-state index contributed by atoms with van der Waals surface area (Å²) in [5.74, 6) is -1.00. The maximum absolute atomic E-state index is 12.0. The fraction of sp³-hybridized carbons (Fsp3) is 0.143. The van der Waals surface area contributed by atoms with Gasteiger partial charge in [-0.2, -0.15) is 4.98 Å². The number of fused-ring (bicyclic) bond motifs is 1. The molecule has 4 rings (SSSR count). The quantitative estimate of drug-likeness (QED) is 0.504. The minimum Gasteiger partial charge on any atom is -0.481 e. The van der Waals surface area contributed by atoms with Crippen molar-refractivity contribution in [3.8, 4) is 0 Å². The van der Waals surface area contributed by atoms with E-state index < -0.39 is 11.9 Å². The maximum Gasteiger partial charge on any atom is 0.303 e. The first kappa shape index (κ1) is 20.9. The van der Waals surface area contributed by atoms with Gasteiger partial charge in [-0.15, -0.1) is 5.10 Å². The van der Waals surface area contributed by atoms with E-state index in [2.05, 4.69) is 20.7 Å². The van der Waals surface area contributed by atoms with Gasteiger partial charge in [0.25, 0.3) is 5.95 Å². The van der Waals surface area contributed by atoms with Gasteiger partial charge in [0.2, 0.25) is 11.9 Å². The highest BCUT2D eigenvalue weighted by atomic mass is 35.5. The molecule has 0 spiro atoms. The molecule has 0 saturated heterocycles. The lowest BCUT2D eigenvalue weighted by Crippen LogP contribution is -2.20. The molecule has 1 amide bonds. The number of aromatic nitrogens is 3. The number of nitrogens with one attached hydrogen (secondary N) is 2. The van der Waals surface area contributed by atoms with Crippen molar-refractivity contribution in [3.63, 3.8) is 0 Å². The summed E-state index contributed by atoms with van der Waals surface area (Å²) in [6.45, 7) is 0. The van der Waals surface area contributed by atoms with Crippen LogP contribution in [-0.4, -0.2) is 31.7 Å². The number of carbonyl (C=O) groups excluding carboxylic acids is 1. The number of halogens is 2. The maximum atomic E-state index is 12.0. The fourth-order valence-corrected chi connectivity index (χ4v) is 3.40. The summed E-state index contributed by atoms with van der Waals surface area (Å²) in [7, 11) is 0. The molecular weight excluding hydrogens is 441 g/mol. The molecule has 0 saturated carbocycles. The van der Waals surface area contributed by atoms with E-state index >= 15 is 0 Å². The van der Waals surface area contributed by atoms with E-state index in [1.54, 1.807) is 28.9 Å². The molecule has 0 fully saturated rings. The van der Waals surface area contributed by atoms with Gasteiger partial charge in [0.1, 0.15) is 6.04 Å². The Morgan fingerprint density at radius 2 is 1.68 bits per heavy atom. The second kappa shape index (κ2) is 8.79. The average molecular weight is 458 g/mol. The molecule has 0 radical (unpaired) electrons. The number of rotatable bonds is 6. The standard InChI is InChI=1S/C21H17Cl2N5O3/c22-14-5-1-12(2-6-14)16-11-17(13-3-7-15(23)8-4-13)28-21(24-16)26-20(27-28)25-18(29)9-10-19(30)31/h1-8,11,17H,9-10H2,(H,30,31)(H2,24,25,26,27,29)/t17-/m0/s1. The number of amides is 1. The minimum atomic E-state index is -1.05. The number of anilines is 2. The van der Waals surface area contributed by atoms with E-state index in [0.717, 1.165) is 16.8 Å². The first-order valence-electron chi connectivity index (χ1n) is 9.37. The number of allylic oxidation sites excluding steroid dienone is 1. The zero-order valence-electron chi connectivity index (χ0n) is 16.0. The number of hydrogen-bond donors (Lipinski definition) is 3. The molecule has 2 aromatic carbocycles. The SMILES string of the molecule is O=C(O)CCC(=O)Nc1nc2n(n1)[C@H](c1ccc(Cl)cc1)C=C(c1ccc(Cl)cc1)N2. The number of nitrogens with zero attached hydrogens (tertiary/aromatic N) is 3. The van der Waals surface area contributed by atoms with Crippen molar-refractivity contribution >= 4 is 52.7 Å². The van der Waals surface area contributed by atoms with Crippen molar-refractivity contribution in [2.45, 2.75) is 18.9 Å². The van der Waals surface area contributed by atoms with Crippen LogP contribution in [0.1, 0.15) is 30.0 Å². The molecule has 2 heterocycles. The van der Waals surface area contributed by atoms with E-state index in [1.807, 2.05) is 30.3 Å². The Morgan fingerprint density at radius 1 is 1.03 bits per heavy atom. The Bertz CT molecular complexity index is 1160. The molecule has 3 aromatic rings. The Morgan fingerprint density at radius 3 is 2.32 bits per heavy atom. The third kappa shape index (κ3) is 4.87. The number of carboxylic acid groups (broad SMARTS) is 1. The van der Waals surface area contributed by atoms with Crippen molar-refractivity contribution in [1.29, 1.82) is 0 Å². The zero-order chi connectivity index (χ0) is 22.0. The van der Waals surface area contributed by atoms with E-state index in [9.17, 15) is 9.59 Å². The van der Waals surface area contributed by atoms with Gasteiger partial charge in [-0.25, -0.2) is 4.68 Å². The lowest BCUT2D eigenvalue weighted by molar-refractivity contribution is -0.138. The molecule has 1 aliphatic rings. The topological polar surface area (TPSA) is 109 Å². The zero-order valence-corrected chi connectivity index (χ0v) is 17.6. The van der Waals surface area contributed by atoms with Crippen LogP contribution in [0.25, 0.3) is 5.70 Å². The van der Waals surface area contributed by atoms with Crippen molar-refractivity contribution in [2.75, 3.05) is 10.6 Å². The molecule has 31 heavy (non-hydrogen) atoms. The van der Waals surface area contributed by atoms with Gasteiger partial charge >= 0.3 is 5.97 Å². The molecule has 1 aliphatic heterocycles. The first-order valence-corrected chi connectivity index (χ1v) is 10.1. The summed E-state index contributed by atoms with van der Waals surface area (Å²) in [4.78, 5) is 27.1. The van der Waals surface area contributed by atoms with Crippen LogP contribution in [-0.2, 0) is 9.59 Å². The van der Waals surface area contributed by atoms with Crippen LogP contribution in [0.15, 0.2) is 54.6 Å². The lowest BCUT2D eigenvalue weighted by atomic mass is 10.0. The van der Waals surface area contributed by atoms with Gasteiger partial charge in [0, 0.05) is 22.2 Å². The van der Waals surface area contributed by atoms with Gasteiger partial charge in [-0.05, 0) is 41.5 Å². The highest BCUT2D eigenvalue weighted by molar-refractivity contribution is 6.30. The van der Waals surface area contributed by atoms with Gasteiger partial charge in [0.05, 0.1) is 6.42 Å². The van der Waals surface area contributed by atoms with Crippen LogP contribution in [0.4, 0.5) is 11.9 Å². The van der Waals surface area contributed by atoms with E-state index in [1.165, 1.54) is 0 Å². The second-order valence-electron chi connectivity index (χ2n) is 6.85. The van der Waals surface area contributed by atoms with Gasteiger partial charge in [-0.1, -0.05) is 47.5 Å². The molecule has 1 aromatic heterocycles. The Labute approximate surface area is 187 Å². The minimum absolute atomic E-state index is 0.0857. The van der Waals surface area contributed by atoms with E-state index in [0.29, 0.717) is 16.0 Å². The van der Waals surface area contributed by atoms with Crippen molar-refractivity contribution < 1.29 is 14.7 Å². The van der Waals surface area contributed by atoms with Crippen molar-refractivity contribution in [3.05, 3.63) is 75.8 Å². The molecule has 1 atom stereocenters. The number of benzene rings is 2. The third-order valence-corrected chi connectivity index (χ3v) is 5.15. The largest absolute Gasteiger partial charge is 0.481 e. The summed E-state index contributed by atoms with van der Waals surface area (Å²) in [6.07, 6.45) is 1.55. The highest BCUT2D eigenvalue weighted by Gasteiger charge is 2.26. The third-order valence-electron chi connectivity index (χ3n) is 4.65. The second-order valence-corrected chi connectivity index (χ2v) is 7.73. The molecule has 8 nitrogen and oxygen atoms in total. The number of carboxylic acids is 1. The molecule has 0 unspecified atom stereocenters. The van der Waals surface area contributed by atoms with Gasteiger partial charge in [0.15, 0.2) is 0 Å². The normalized spacial score (nSPS) is 14.9. The summed E-state index contributed by atoms with van der Waals surface area (Å²) in [5.41, 5.74) is 2.64. The van der Waals surface area contributed by atoms with Crippen LogP contribution in [0.2, 0.25) is 10.0 Å². The average Bonchev–Trinajstić information content (AvgIpc) is 3.15. The molecule has 0 aliphatic carbocycles. The van der Waals surface area contributed by atoms with E-state index in [-0.39, 0.29) is 24.8 Å². The number of hydrogen-bond acceptors (Lipinski definition) is 5. The summed E-state index contributed by atoms with van der Waals surface area (Å²) in [6, 6.07) is 14.4. The summed E-state index contributed by atoms with van der Waals surface area (Å²) >= 11 is 12.1. The van der Waals surface area contributed by atoms with Crippen molar-refractivity contribution in [1.82, 2.24) is 14.8 Å². The Hall–Kier alpha value is -3.36. The first-order chi connectivity index (χ1) is 14.9. The van der Waals surface area contributed by atoms with Crippen LogP contribution in [0.5, 0.6) is 0 Å². The number of aliphatic carboxylic acids is 1. The van der Waals surface area contributed by atoms with Gasteiger partial charge < -0.3 is 10.4 Å². The lowest BCUT2D eigenvalue weighted by Gasteiger charge is -2.24. The fourth-order valence-electron chi connectivity index (χ4n) is 3.15. The Balaban J connectivity index is 1.67. The van der Waals surface area contributed by atoms with Crippen LogP contribution >= 0.6 is 23.2 Å². The molecule has 0 bridgehead atoms. The van der Waals surface area contributed by atoms with Crippen LogP contribution in [0.3, 0.4) is 0 Å². The molecule has 158 valence electrons. The predicted octanol–water partition coefficient (Wildman–Crippen LogP) is 4.44. The van der Waals surface area contributed by atoms with Crippen LogP contribution < -0.4 is 10.6 Å². The summed E-state index contributed by atoms with van der Waals surface area (Å²) in [5, 5.41) is 20.2. The van der Waals surface area contributed by atoms with Crippen molar-refractivity contribution in [2.24, 2.45) is 0 Å². The number of carbonyl (C=O) groups is 2. The Kier molecular flexibility index (Phi) is 5.92. The molecule has 3 N–H and O–H groups in total. The highest BCUT2D eigenvalue weighted by Crippen LogP contribution is 2.33. The smallest absolute Gasteiger partial charge is 0.303 e. The summed E-state index contributed by atoms with van der Waals surface area (Å²) < 4.78 is 1.65. The predicted molar refractivity (Wildman–Crippen MR) is 118 cm³/mol. The van der Waals surface area contributed by atoms with Gasteiger partial charge in [-0.3, -0.25) is 14.9 Å². The van der Waals surface area contributed by atoms with E-state index in [4.69, 9.17) is 28.3 Å². The molecular formula is C21H17Cl2N5O3. The van der Waals surface area contributed by atoms with Crippen LogP contribution in [0, 0.1) is 0 Å². The molecule has 10 heteroatoms.